The van der Waals surface area contributed by atoms with Crippen LogP contribution in [0.2, 0.25) is 0 Å². The van der Waals surface area contributed by atoms with Crippen LogP contribution < -0.4 is 10.6 Å². The molecule has 1 aromatic carbocycles. The number of hydrogen-bond acceptors (Lipinski definition) is 3. The first-order valence-corrected chi connectivity index (χ1v) is 7.24. The van der Waals surface area contributed by atoms with Crippen LogP contribution in [0.15, 0.2) is 30.3 Å². The van der Waals surface area contributed by atoms with Crippen LogP contribution in [-0.2, 0) is 18.4 Å². The van der Waals surface area contributed by atoms with Crippen LogP contribution in [0.1, 0.15) is 29.9 Å². The van der Waals surface area contributed by atoms with Crippen molar-refractivity contribution in [2.24, 2.45) is 13.0 Å². The number of aromatic nitrogens is 2. The van der Waals surface area contributed by atoms with Crippen molar-refractivity contribution in [3.63, 3.8) is 0 Å². The summed E-state index contributed by atoms with van der Waals surface area (Å²) in [6.45, 7) is 3.75. The van der Waals surface area contributed by atoms with Gasteiger partial charge in [-0.25, -0.2) is 4.39 Å². The Labute approximate surface area is 133 Å². The van der Waals surface area contributed by atoms with Gasteiger partial charge >= 0.3 is 0 Å². The molecule has 0 fully saturated rings. The van der Waals surface area contributed by atoms with Crippen molar-refractivity contribution in [3.8, 4) is 0 Å². The van der Waals surface area contributed by atoms with E-state index >= 15 is 0 Å². The average molecular weight is 318 g/mol. The van der Waals surface area contributed by atoms with Crippen molar-refractivity contribution in [1.29, 1.82) is 0 Å². The summed E-state index contributed by atoms with van der Waals surface area (Å²) in [6.07, 6.45) is 0. The second-order valence-electron chi connectivity index (χ2n) is 5.49. The molecule has 2 amide bonds. The number of nitrogens with zero attached hydrogens (tertiary/aromatic N) is 2. The summed E-state index contributed by atoms with van der Waals surface area (Å²) >= 11 is 0. The molecule has 2 aromatic rings. The summed E-state index contributed by atoms with van der Waals surface area (Å²) < 4.78 is 14.5. The molecule has 23 heavy (non-hydrogen) atoms. The molecule has 122 valence electrons. The molecule has 0 aliphatic carbocycles. The maximum Gasteiger partial charge on any atom is 0.272 e. The highest BCUT2D eigenvalue weighted by molar-refractivity contribution is 5.95. The monoisotopic (exact) mass is 318 g/mol. The highest BCUT2D eigenvalue weighted by Gasteiger charge is 2.15. The SMILES string of the molecule is CC(C)C(=O)Nc1cc(C(=O)NCc2cccc(F)c2)nn1C. The van der Waals surface area contributed by atoms with E-state index in [0.29, 0.717) is 11.4 Å². The summed E-state index contributed by atoms with van der Waals surface area (Å²) in [5, 5.41) is 9.43. The van der Waals surface area contributed by atoms with E-state index in [1.165, 1.54) is 22.9 Å². The minimum Gasteiger partial charge on any atom is -0.347 e. The molecule has 2 rings (SSSR count). The summed E-state index contributed by atoms with van der Waals surface area (Å²) in [4.78, 5) is 23.8. The number of amides is 2. The molecule has 2 N–H and O–H groups in total. The molecule has 0 aliphatic heterocycles. The number of rotatable bonds is 5. The van der Waals surface area contributed by atoms with E-state index in [0.717, 1.165) is 0 Å². The predicted octanol–water partition coefficient (Wildman–Crippen LogP) is 2.08. The normalized spacial score (nSPS) is 10.7. The first kappa shape index (κ1) is 16.7. The van der Waals surface area contributed by atoms with E-state index < -0.39 is 5.91 Å². The number of carbonyl (C=O) groups is 2. The first-order chi connectivity index (χ1) is 10.9. The van der Waals surface area contributed by atoms with Crippen molar-refractivity contribution >= 4 is 17.6 Å². The Morgan fingerprint density at radius 1 is 1.30 bits per heavy atom. The van der Waals surface area contributed by atoms with Crippen LogP contribution in [0.25, 0.3) is 0 Å². The lowest BCUT2D eigenvalue weighted by molar-refractivity contribution is -0.118. The molecular formula is C16H19FN4O2. The molecule has 0 spiro atoms. The van der Waals surface area contributed by atoms with E-state index in [9.17, 15) is 14.0 Å². The third kappa shape index (κ3) is 4.38. The molecule has 0 aliphatic rings. The quantitative estimate of drug-likeness (QED) is 0.886. The number of halogens is 1. The van der Waals surface area contributed by atoms with Gasteiger partial charge in [0.25, 0.3) is 5.91 Å². The molecule has 0 bridgehead atoms. The highest BCUT2D eigenvalue weighted by atomic mass is 19.1. The van der Waals surface area contributed by atoms with Crippen molar-refractivity contribution in [3.05, 3.63) is 47.4 Å². The zero-order valence-corrected chi connectivity index (χ0v) is 13.3. The molecule has 0 unspecified atom stereocenters. The lowest BCUT2D eigenvalue weighted by Crippen LogP contribution is -2.23. The first-order valence-electron chi connectivity index (χ1n) is 7.24. The zero-order valence-electron chi connectivity index (χ0n) is 13.3. The largest absolute Gasteiger partial charge is 0.347 e. The average Bonchev–Trinajstić information content (AvgIpc) is 2.86. The lowest BCUT2D eigenvalue weighted by atomic mass is 10.2. The Hall–Kier alpha value is -2.70. The van der Waals surface area contributed by atoms with Crippen LogP contribution in [0.5, 0.6) is 0 Å². The maximum absolute atomic E-state index is 13.1. The Morgan fingerprint density at radius 3 is 2.70 bits per heavy atom. The van der Waals surface area contributed by atoms with Gasteiger partial charge in [0.05, 0.1) is 0 Å². The van der Waals surface area contributed by atoms with Crippen LogP contribution in [0.4, 0.5) is 10.2 Å². The van der Waals surface area contributed by atoms with Crippen LogP contribution in [0, 0.1) is 11.7 Å². The molecular weight excluding hydrogens is 299 g/mol. The Bertz CT molecular complexity index is 725. The second-order valence-corrected chi connectivity index (χ2v) is 5.49. The number of nitrogens with one attached hydrogen (secondary N) is 2. The fraction of sp³-hybridized carbons (Fsp3) is 0.312. The second kappa shape index (κ2) is 7.04. The summed E-state index contributed by atoms with van der Waals surface area (Å²) in [5.74, 6) is -0.627. The van der Waals surface area contributed by atoms with Gasteiger partial charge in [-0.15, -0.1) is 0 Å². The molecule has 7 heteroatoms. The molecule has 1 aromatic heterocycles. The van der Waals surface area contributed by atoms with Crippen LogP contribution in [-0.4, -0.2) is 21.6 Å². The van der Waals surface area contributed by atoms with Crippen LogP contribution in [0.3, 0.4) is 0 Å². The van der Waals surface area contributed by atoms with Gasteiger partial charge in [-0.1, -0.05) is 26.0 Å². The topological polar surface area (TPSA) is 76.0 Å². The van der Waals surface area contributed by atoms with Gasteiger partial charge in [0.2, 0.25) is 5.91 Å². The smallest absolute Gasteiger partial charge is 0.272 e. The fourth-order valence-electron chi connectivity index (χ4n) is 1.89. The van der Waals surface area contributed by atoms with Crippen molar-refractivity contribution in [2.75, 3.05) is 5.32 Å². The third-order valence-corrected chi connectivity index (χ3v) is 3.23. The number of carbonyl (C=O) groups excluding carboxylic acids is 2. The highest BCUT2D eigenvalue weighted by Crippen LogP contribution is 2.11. The van der Waals surface area contributed by atoms with Crippen molar-refractivity contribution in [1.82, 2.24) is 15.1 Å². The number of benzene rings is 1. The van der Waals surface area contributed by atoms with Gasteiger partial charge < -0.3 is 10.6 Å². The standard InChI is InChI=1S/C16H19FN4O2/c1-10(2)15(22)19-14-8-13(20-21(14)3)16(23)18-9-11-5-4-6-12(17)7-11/h4-8,10H,9H2,1-3H3,(H,18,23)(H,19,22). The minimum absolute atomic E-state index is 0.153. The van der Waals surface area contributed by atoms with Crippen molar-refractivity contribution < 1.29 is 14.0 Å². The van der Waals surface area contributed by atoms with E-state index in [1.54, 1.807) is 33.0 Å². The van der Waals surface area contributed by atoms with Gasteiger partial charge in [-0.2, -0.15) is 5.10 Å². The summed E-state index contributed by atoms with van der Waals surface area (Å²) in [6, 6.07) is 7.50. The van der Waals surface area contributed by atoms with E-state index in [1.807, 2.05) is 0 Å². The zero-order chi connectivity index (χ0) is 17.0. The predicted molar refractivity (Wildman–Crippen MR) is 84.2 cm³/mol. The van der Waals surface area contributed by atoms with E-state index in [2.05, 4.69) is 15.7 Å². The Balaban J connectivity index is 2.01. The summed E-state index contributed by atoms with van der Waals surface area (Å²) in [7, 11) is 1.64. The number of hydrogen-bond donors (Lipinski definition) is 2. The van der Waals surface area contributed by atoms with E-state index in [-0.39, 0.29) is 29.9 Å². The Morgan fingerprint density at radius 2 is 2.04 bits per heavy atom. The molecule has 6 nitrogen and oxygen atoms in total. The maximum atomic E-state index is 13.1. The molecule has 1 heterocycles. The van der Waals surface area contributed by atoms with Gasteiger partial charge in [-0.3, -0.25) is 14.3 Å². The Kier molecular flexibility index (Phi) is 5.10. The van der Waals surface area contributed by atoms with Gasteiger partial charge in [0.15, 0.2) is 5.69 Å². The minimum atomic E-state index is -0.394. The van der Waals surface area contributed by atoms with Crippen LogP contribution >= 0.6 is 0 Å². The molecule has 0 saturated heterocycles. The lowest BCUT2D eigenvalue weighted by Gasteiger charge is -2.06. The molecule has 0 radical (unpaired) electrons. The van der Waals surface area contributed by atoms with E-state index in [4.69, 9.17) is 0 Å². The number of anilines is 1. The summed E-state index contributed by atoms with van der Waals surface area (Å²) in [5.41, 5.74) is 0.838. The molecule has 0 atom stereocenters. The van der Waals surface area contributed by atoms with Crippen molar-refractivity contribution in [2.45, 2.75) is 20.4 Å². The van der Waals surface area contributed by atoms with Gasteiger partial charge in [0, 0.05) is 25.6 Å². The molecule has 0 saturated carbocycles. The fourth-order valence-corrected chi connectivity index (χ4v) is 1.89. The van der Waals surface area contributed by atoms with Gasteiger partial charge in [0.1, 0.15) is 11.6 Å². The third-order valence-electron chi connectivity index (χ3n) is 3.23. The number of aryl methyl sites for hydroxylation is 1. The van der Waals surface area contributed by atoms with Gasteiger partial charge in [-0.05, 0) is 17.7 Å².